The Balaban J connectivity index is 1.68. The maximum absolute atomic E-state index is 12.2. The van der Waals surface area contributed by atoms with E-state index in [1.807, 2.05) is 0 Å². The van der Waals surface area contributed by atoms with Crippen LogP contribution < -0.4 is 5.32 Å². The summed E-state index contributed by atoms with van der Waals surface area (Å²) in [6.07, 6.45) is -0.968. The molecule has 17 heavy (non-hydrogen) atoms. The average Bonchev–Trinajstić information content (AvgIpc) is 3.02. The van der Waals surface area contributed by atoms with Crippen LogP contribution in [-0.4, -0.2) is 42.7 Å². The van der Waals surface area contributed by atoms with Crippen LogP contribution in [0.1, 0.15) is 25.7 Å². The number of piperidine rings is 1. The van der Waals surface area contributed by atoms with Gasteiger partial charge in [-0.05, 0) is 25.7 Å². The first-order chi connectivity index (χ1) is 7.94. The van der Waals surface area contributed by atoms with Gasteiger partial charge >= 0.3 is 6.18 Å². The van der Waals surface area contributed by atoms with Crippen molar-refractivity contribution in [3.05, 3.63) is 0 Å². The smallest absolute Gasteiger partial charge is 0.353 e. The second-order valence-corrected chi connectivity index (χ2v) is 4.95. The van der Waals surface area contributed by atoms with Gasteiger partial charge in [-0.1, -0.05) is 0 Å². The van der Waals surface area contributed by atoms with Crippen LogP contribution in [0.4, 0.5) is 13.2 Å². The fraction of sp³-hybridized carbons (Fsp3) is 0.909. The van der Waals surface area contributed by atoms with Gasteiger partial charge in [0.1, 0.15) is 0 Å². The van der Waals surface area contributed by atoms with Crippen molar-refractivity contribution in [2.24, 2.45) is 5.92 Å². The summed E-state index contributed by atoms with van der Waals surface area (Å²) in [4.78, 5) is 12.9. The molecule has 6 heteroatoms. The summed E-state index contributed by atoms with van der Waals surface area (Å²) in [5.41, 5.74) is 0. The van der Waals surface area contributed by atoms with Gasteiger partial charge < -0.3 is 5.32 Å². The van der Waals surface area contributed by atoms with Gasteiger partial charge in [0.2, 0.25) is 5.91 Å². The second-order valence-electron chi connectivity index (χ2n) is 4.95. The molecule has 1 amide bonds. The van der Waals surface area contributed by atoms with Gasteiger partial charge in [0.15, 0.2) is 0 Å². The van der Waals surface area contributed by atoms with Gasteiger partial charge in [-0.25, -0.2) is 0 Å². The molecule has 1 aliphatic carbocycles. The number of carbonyl (C=O) groups excluding carboxylic acids is 1. The molecule has 0 aromatic rings. The van der Waals surface area contributed by atoms with E-state index in [2.05, 4.69) is 5.32 Å². The molecule has 1 aliphatic heterocycles. The molecule has 1 saturated carbocycles. The number of alkyl halides is 3. The third kappa shape index (κ3) is 4.18. The highest BCUT2D eigenvalue weighted by atomic mass is 19.4. The van der Waals surface area contributed by atoms with Crippen LogP contribution in [-0.2, 0) is 4.79 Å². The predicted molar refractivity (Wildman–Crippen MR) is 56.4 cm³/mol. The van der Waals surface area contributed by atoms with Crippen molar-refractivity contribution in [3.8, 4) is 0 Å². The van der Waals surface area contributed by atoms with E-state index in [0.717, 1.165) is 12.8 Å². The fourth-order valence-electron chi connectivity index (χ4n) is 2.15. The molecule has 0 spiro atoms. The van der Waals surface area contributed by atoms with Crippen LogP contribution in [0.2, 0.25) is 0 Å². The summed E-state index contributed by atoms with van der Waals surface area (Å²) in [6, 6.07) is 0.0626. The number of nitrogens with one attached hydrogen (secondary N) is 1. The lowest BCUT2D eigenvalue weighted by Gasteiger charge is -2.32. The summed E-state index contributed by atoms with van der Waals surface area (Å²) in [5.74, 6) is 0.252. The Hall–Kier alpha value is -0.780. The summed E-state index contributed by atoms with van der Waals surface area (Å²) in [7, 11) is 0. The van der Waals surface area contributed by atoms with Crippen LogP contribution in [0, 0.1) is 5.92 Å². The lowest BCUT2D eigenvalue weighted by molar-refractivity contribution is -0.148. The Morgan fingerprint density at radius 2 is 1.76 bits per heavy atom. The van der Waals surface area contributed by atoms with Gasteiger partial charge in [0.25, 0.3) is 0 Å². The van der Waals surface area contributed by atoms with Gasteiger partial charge in [0, 0.05) is 25.0 Å². The molecule has 2 rings (SSSR count). The number of hydrogen-bond donors (Lipinski definition) is 1. The monoisotopic (exact) mass is 250 g/mol. The molecule has 1 N–H and O–H groups in total. The summed E-state index contributed by atoms with van der Waals surface area (Å²) >= 11 is 0. The topological polar surface area (TPSA) is 32.3 Å². The van der Waals surface area contributed by atoms with Crippen LogP contribution in [0.3, 0.4) is 0 Å². The van der Waals surface area contributed by atoms with Crippen LogP contribution in [0.25, 0.3) is 0 Å². The maximum Gasteiger partial charge on any atom is 0.401 e. The molecule has 0 aromatic heterocycles. The Morgan fingerprint density at radius 3 is 2.24 bits per heavy atom. The lowest BCUT2D eigenvalue weighted by atomic mass is 10.0. The zero-order chi connectivity index (χ0) is 12.5. The summed E-state index contributed by atoms with van der Waals surface area (Å²) in [5, 5.41) is 2.92. The molecule has 0 aromatic carbocycles. The maximum atomic E-state index is 12.2. The summed E-state index contributed by atoms with van der Waals surface area (Å²) < 4.78 is 36.5. The molecule has 98 valence electrons. The van der Waals surface area contributed by atoms with Crippen LogP contribution in [0.5, 0.6) is 0 Å². The second kappa shape index (κ2) is 4.84. The molecule has 0 atom stereocenters. The number of halogens is 3. The fourth-order valence-corrected chi connectivity index (χ4v) is 2.15. The first kappa shape index (κ1) is 12.7. The number of hydrogen-bond acceptors (Lipinski definition) is 2. The molecule has 2 fully saturated rings. The van der Waals surface area contributed by atoms with Crippen molar-refractivity contribution in [1.29, 1.82) is 0 Å². The Morgan fingerprint density at radius 1 is 1.18 bits per heavy atom. The Kier molecular flexibility index (Phi) is 3.61. The zero-order valence-electron chi connectivity index (χ0n) is 9.59. The van der Waals surface area contributed by atoms with E-state index in [9.17, 15) is 18.0 Å². The third-order valence-electron chi connectivity index (χ3n) is 3.28. The first-order valence-electron chi connectivity index (χ1n) is 6.03. The van der Waals surface area contributed by atoms with Crippen LogP contribution >= 0.6 is 0 Å². The lowest BCUT2D eigenvalue weighted by Crippen LogP contribution is -2.47. The van der Waals surface area contributed by atoms with Gasteiger partial charge in [-0.2, -0.15) is 13.2 Å². The quantitative estimate of drug-likeness (QED) is 0.824. The summed E-state index contributed by atoms with van der Waals surface area (Å²) in [6.45, 7) is -0.0134. The van der Waals surface area contributed by atoms with Gasteiger partial charge in [0.05, 0.1) is 6.54 Å². The van der Waals surface area contributed by atoms with Crippen molar-refractivity contribution in [3.63, 3.8) is 0 Å². The normalized spacial score (nSPS) is 23.7. The first-order valence-corrected chi connectivity index (χ1v) is 6.03. The van der Waals surface area contributed by atoms with Crippen LogP contribution in [0.15, 0.2) is 0 Å². The third-order valence-corrected chi connectivity index (χ3v) is 3.28. The highest BCUT2D eigenvalue weighted by Crippen LogP contribution is 2.29. The van der Waals surface area contributed by atoms with E-state index in [1.54, 1.807) is 0 Å². The predicted octanol–water partition coefficient (Wildman–Crippen LogP) is 1.54. The molecule has 0 bridgehead atoms. The number of rotatable bonds is 3. The van der Waals surface area contributed by atoms with E-state index < -0.39 is 12.7 Å². The van der Waals surface area contributed by atoms with Crippen molar-refractivity contribution in [2.75, 3.05) is 19.6 Å². The number of likely N-dealkylation sites (tertiary alicyclic amines) is 1. The van der Waals surface area contributed by atoms with Crippen molar-refractivity contribution < 1.29 is 18.0 Å². The standard InChI is InChI=1S/C11H17F3N2O/c12-11(13,14)7-16-5-3-9(4-6-16)15-10(17)8-1-2-8/h8-9H,1-7H2,(H,15,17). The molecular formula is C11H17F3N2O. The van der Waals surface area contributed by atoms with E-state index in [0.29, 0.717) is 25.9 Å². The van der Waals surface area contributed by atoms with Crippen molar-refractivity contribution >= 4 is 5.91 Å². The largest absolute Gasteiger partial charge is 0.401 e. The minimum Gasteiger partial charge on any atom is -0.353 e. The van der Waals surface area contributed by atoms with E-state index in [4.69, 9.17) is 0 Å². The number of nitrogens with zero attached hydrogens (tertiary/aromatic N) is 1. The van der Waals surface area contributed by atoms with Gasteiger partial charge in [-0.3, -0.25) is 9.69 Å². The molecule has 0 unspecified atom stereocenters. The highest BCUT2D eigenvalue weighted by molar-refractivity contribution is 5.81. The van der Waals surface area contributed by atoms with E-state index in [-0.39, 0.29) is 17.9 Å². The number of carbonyl (C=O) groups is 1. The van der Waals surface area contributed by atoms with E-state index in [1.165, 1.54) is 4.90 Å². The highest BCUT2D eigenvalue weighted by Gasteiger charge is 2.34. The molecule has 2 aliphatic rings. The average molecular weight is 250 g/mol. The minimum absolute atomic E-state index is 0.0626. The number of amides is 1. The van der Waals surface area contributed by atoms with E-state index >= 15 is 0 Å². The molecule has 3 nitrogen and oxygen atoms in total. The van der Waals surface area contributed by atoms with Crippen molar-refractivity contribution in [2.45, 2.75) is 37.9 Å². The Labute approximate surface area is 98.3 Å². The molecule has 1 heterocycles. The Bertz CT molecular complexity index is 281. The minimum atomic E-state index is -4.12. The zero-order valence-corrected chi connectivity index (χ0v) is 9.59. The SMILES string of the molecule is O=C(NC1CCN(CC(F)(F)F)CC1)C1CC1. The van der Waals surface area contributed by atoms with Gasteiger partial charge in [-0.15, -0.1) is 0 Å². The molecular weight excluding hydrogens is 233 g/mol. The molecule has 1 saturated heterocycles. The molecule has 0 radical (unpaired) electrons. The van der Waals surface area contributed by atoms with Crippen molar-refractivity contribution in [1.82, 2.24) is 10.2 Å².